The lowest BCUT2D eigenvalue weighted by atomic mass is 10.2. The van der Waals surface area contributed by atoms with Crippen molar-refractivity contribution in [1.82, 2.24) is 10.3 Å². The van der Waals surface area contributed by atoms with Crippen LogP contribution in [0.2, 0.25) is 0 Å². The number of amides is 1. The van der Waals surface area contributed by atoms with Crippen molar-refractivity contribution in [1.29, 1.82) is 0 Å². The Balaban J connectivity index is 1.77. The molecule has 2 aromatic rings. The average Bonchev–Trinajstić information content (AvgIpc) is 3.12. The molecule has 1 aromatic heterocycles. The van der Waals surface area contributed by atoms with Crippen molar-refractivity contribution >= 4 is 16.8 Å². The predicted octanol–water partition coefficient (Wildman–Crippen LogP) is 2.06. The Hall–Kier alpha value is -1.90. The zero-order chi connectivity index (χ0) is 11.7. The number of fused-ring (bicyclic) bond motifs is 1. The molecule has 3 heteroatoms. The van der Waals surface area contributed by atoms with Crippen LogP contribution in [0, 0.1) is 0 Å². The lowest BCUT2D eigenvalue weighted by Crippen LogP contribution is -2.27. The van der Waals surface area contributed by atoms with Gasteiger partial charge in [-0.25, -0.2) is 0 Å². The number of carbonyl (C=O) groups is 1. The van der Waals surface area contributed by atoms with Crippen molar-refractivity contribution in [2.75, 3.05) is 0 Å². The van der Waals surface area contributed by atoms with Crippen LogP contribution in [0.15, 0.2) is 36.4 Å². The van der Waals surface area contributed by atoms with Crippen LogP contribution in [-0.4, -0.2) is 16.9 Å². The quantitative estimate of drug-likeness (QED) is 0.870. The van der Waals surface area contributed by atoms with Gasteiger partial charge in [-0.3, -0.25) is 9.78 Å². The first-order chi connectivity index (χ1) is 8.31. The van der Waals surface area contributed by atoms with Gasteiger partial charge in [-0.2, -0.15) is 0 Å². The Labute approximate surface area is 99.9 Å². The van der Waals surface area contributed by atoms with Gasteiger partial charge >= 0.3 is 0 Å². The van der Waals surface area contributed by atoms with Gasteiger partial charge in [0.1, 0.15) is 0 Å². The summed E-state index contributed by atoms with van der Waals surface area (Å²) < 4.78 is 0. The van der Waals surface area contributed by atoms with Gasteiger partial charge < -0.3 is 5.32 Å². The molecule has 17 heavy (non-hydrogen) atoms. The number of para-hydroxylation sites is 1. The van der Waals surface area contributed by atoms with E-state index in [2.05, 4.69) is 10.3 Å². The predicted molar refractivity (Wildman–Crippen MR) is 66.6 cm³/mol. The van der Waals surface area contributed by atoms with Crippen LogP contribution in [0.5, 0.6) is 0 Å². The van der Waals surface area contributed by atoms with Crippen molar-refractivity contribution in [3.05, 3.63) is 42.1 Å². The molecule has 0 bridgehead atoms. The van der Waals surface area contributed by atoms with Crippen LogP contribution in [0.4, 0.5) is 0 Å². The maximum absolute atomic E-state index is 11.6. The zero-order valence-electron chi connectivity index (χ0n) is 9.52. The SMILES string of the molecule is O=C(Cc1ccc2ccccc2n1)NC1CC1. The number of pyridine rings is 1. The molecule has 3 nitrogen and oxygen atoms in total. The smallest absolute Gasteiger partial charge is 0.226 e. The minimum Gasteiger partial charge on any atom is -0.353 e. The van der Waals surface area contributed by atoms with Gasteiger partial charge in [-0.05, 0) is 25.0 Å². The van der Waals surface area contributed by atoms with Crippen molar-refractivity contribution in [3.63, 3.8) is 0 Å². The second-order valence-corrected chi connectivity index (χ2v) is 4.51. The number of hydrogen-bond acceptors (Lipinski definition) is 2. The van der Waals surface area contributed by atoms with Gasteiger partial charge in [0.15, 0.2) is 0 Å². The number of nitrogens with one attached hydrogen (secondary N) is 1. The molecular weight excluding hydrogens is 212 g/mol. The summed E-state index contributed by atoms with van der Waals surface area (Å²) in [4.78, 5) is 16.1. The number of rotatable bonds is 3. The summed E-state index contributed by atoms with van der Waals surface area (Å²) in [6.07, 6.45) is 2.62. The molecule has 3 rings (SSSR count). The monoisotopic (exact) mass is 226 g/mol. The molecule has 0 saturated heterocycles. The van der Waals surface area contributed by atoms with Crippen molar-refractivity contribution in [2.24, 2.45) is 0 Å². The summed E-state index contributed by atoms with van der Waals surface area (Å²) in [5.41, 5.74) is 1.78. The Kier molecular flexibility index (Phi) is 2.52. The molecule has 1 N–H and O–H groups in total. The van der Waals surface area contributed by atoms with Crippen LogP contribution < -0.4 is 5.32 Å². The molecule has 86 valence electrons. The van der Waals surface area contributed by atoms with Gasteiger partial charge in [0, 0.05) is 11.4 Å². The van der Waals surface area contributed by atoms with E-state index in [1.165, 1.54) is 0 Å². The van der Waals surface area contributed by atoms with Crippen LogP contribution in [0.3, 0.4) is 0 Å². The summed E-state index contributed by atoms with van der Waals surface area (Å²) >= 11 is 0. The van der Waals surface area contributed by atoms with E-state index in [1.54, 1.807) is 0 Å². The average molecular weight is 226 g/mol. The Morgan fingerprint density at radius 3 is 2.88 bits per heavy atom. The van der Waals surface area contributed by atoms with Gasteiger partial charge in [0.05, 0.1) is 17.6 Å². The summed E-state index contributed by atoms with van der Waals surface area (Å²) in [5.74, 6) is 0.0790. The van der Waals surface area contributed by atoms with E-state index >= 15 is 0 Å². The lowest BCUT2D eigenvalue weighted by molar-refractivity contribution is -0.120. The van der Waals surface area contributed by atoms with Crippen LogP contribution in [0.25, 0.3) is 10.9 Å². The Bertz CT molecular complexity index is 561. The third-order valence-corrected chi connectivity index (χ3v) is 2.94. The third-order valence-electron chi connectivity index (χ3n) is 2.94. The highest BCUT2D eigenvalue weighted by molar-refractivity contribution is 5.81. The molecule has 0 radical (unpaired) electrons. The lowest BCUT2D eigenvalue weighted by Gasteiger charge is -2.04. The molecular formula is C14H14N2O. The number of carbonyl (C=O) groups excluding carboxylic acids is 1. The summed E-state index contributed by atoms with van der Waals surface area (Å²) in [5, 5.41) is 4.08. The molecule has 1 aromatic carbocycles. The first kappa shape index (κ1) is 10.3. The standard InChI is InChI=1S/C14H14N2O/c17-14(16-11-7-8-11)9-12-6-5-10-3-1-2-4-13(10)15-12/h1-6,11H,7-9H2,(H,16,17). The minimum atomic E-state index is 0.0790. The van der Waals surface area contributed by atoms with Gasteiger partial charge in [0.25, 0.3) is 0 Å². The fourth-order valence-corrected chi connectivity index (χ4v) is 1.88. The van der Waals surface area contributed by atoms with Gasteiger partial charge in [0.2, 0.25) is 5.91 Å². The molecule has 0 unspecified atom stereocenters. The fraction of sp³-hybridized carbons (Fsp3) is 0.286. The maximum atomic E-state index is 11.6. The van der Waals surface area contributed by atoms with Gasteiger partial charge in [-0.1, -0.05) is 24.3 Å². The molecule has 1 heterocycles. The van der Waals surface area contributed by atoms with E-state index in [1.807, 2.05) is 36.4 Å². The maximum Gasteiger partial charge on any atom is 0.226 e. The molecule has 0 spiro atoms. The molecule has 1 aliphatic carbocycles. The largest absolute Gasteiger partial charge is 0.353 e. The molecule has 1 amide bonds. The normalized spacial score (nSPS) is 14.8. The van der Waals surface area contributed by atoms with Gasteiger partial charge in [-0.15, -0.1) is 0 Å². The molecule has 0 aliphatic heterocycles. The van der Waals surface area contributed by atoms with Crippen LogP contribution in [0.1, 0.15) is 18.5 Å². The van der Waals surface area contributed by atoms with E-state index in [9.17, 15) is 4.79 Å². The van der Waals surface area contributed by atoms with Crippen LogP contribution >= 0.6 is 0 Å². The third kappa shape index (κ3) is 2.44. The zero-order valence-corrected chi connectivity index (χ0v) is 9.52. The van der Waals surface area contributed by atoms with E-state index in [0.29, 0.717) is 12.5 Å². The second-order valence-electron chi connectivity index (χ2n) is 4.51. The van der Waals surface area contributed by atoms with Crippen molar-refractivity contribution in [2.45, 2.75) is 25.3 Å². The van der Waals surface area contributed by atoms with E-state index < -0.39 is 0 Å². The minimum absolute atomic E-state index is 0.0790. The Morgan fingerprint density at radius 2 is 2.06 bits per heavy atom. The number of nitrogens with zero attached hydrogens (tertiary/aromatic N) is 1. The van der Waals surface area contributed by atoms with E-state index in [0.717, 1.165) is 29.4 Å². The number of benzene rings is 1. The Morgan fingerprint density at radius 1 is 1.24 bits per heavy atom. The molecule has 0 atom stereocenters. The van der Waals surface area contributed by atoms with E-state index in [4.69, 9.17) is 0 Å². The highest BCUT2D eigenvalue weighted by Gasteiger charge is 2.23. The van der Waals surface area contributed by atoms with Crippen molar-refractivity contribution in [3.8, 4) is 0 Å². The summed E-state index contributed by atoms with van der Waals surface area (Å²) in [7, 11) is 0. The van der Waals surface area contributed by atoms with Crippen molar-refractivity contribution < 1.29 is 4.79 Å². The number of hydrogen-bond donors (Lipinski definition) is 1. The van der Waals surface area contributed by atoms with Crippen LogP contribution in [-0.2, 0) is 11.2 Å². The summed E-state index contributed by atoms with van der Waals surface area (Å²) in [6, 6.07) is 12.3. The van der Waals surface area contributed by atoms with E-state index in [-0.39, 0.29) is 5.91 Å². The topological polar surface area (TPSA) is 42.0 Å². The molecule has 1 aliphatic rings. The highest BCUT2D eigenvalue weighted by atomic mass is 16.1. The first-order valence-corrected chi connectivity index (χ1v) is 5.95. The highest BCUT2D eigenvalue weighted by Crippen LogP contribution is 2.19. The molecule has 1 fully saturated rings. The first-order valence-electron chi connectivity index (χ1n) is 5.95. The molecule has 1 saturated carbocycles. The number of aromatic nitrogens is 1. The summed E-state index contributed by atoms with van der Waals surface area (Å²) in [6.45, 7) is 0. The second kappa shape index (κ2) is 4.17. The fourth-order valence-electron chi connectivity index (χ4n) is 1.88.